The van der Waals surface area contributed by atoms with Crippen LogP contribution in [-0.4, -0.2) is 38.4 Å². The maximum absolute atomic E-state index is 7.34. The van der Waals surface area contributed by atoms with Crippen LogP contribution in [0, 0.1) is 5.41 Å². The number of rotatable bonds is 5. The summed E-state index contributed by atoms with van der Waals surface area (Å²) >= 11 is 0. The molecule has 1 saturated carbocycles. The summed E-state index contributed by atoms with van der Waals surface area (Å²) in [6.45, 7) is 0.713. The average Bonchev–Trinajstić information content (AvgIpc) is 3.06. The van der Waals surface area contributed by atoms with Crippen molar-refractivity contribution in [1.29, 1.82) is 5.41 Å². The van der Waals surface area contributed by atoms with E-state index in [1.807, 2.05) is 0 Å². The lowest BCUT2D eigenvalue weighted by Gasteiger charge is -2.23. The number of hydrogen-bond acceptors (Lipinski definition) is 5. The van der Waals surface area contributed by atoms with Crippen molar-refractivity contribution in [3.05, 3.63) is 12.7 Å². The number of aromatic nitrogens is 4. The van der Waals surface area contributed by atoms with E-state index in [4.69, 9.17) is 11.1 Å². The molecule has 1 aliphatic carbocycles. The Morgan fingerprint density at radius 2 is 2.28 bits per heavy atom. The van der Waals surface area contributed by atoms with Crippen LogP contribution in [0.25, 0.3) is 11.2 Å². The lowest BCUT2D eigenvalue weighted by atomic mass is 10.3. The van der Waals surface area contributed by atoms with E-state index in [1.54, 1.807) is 6.33 Å². The molecule has 18 heavy (non-hydrogen) atoms. The zero-order valence-corrected chi connectivity index (χ0v) is 9.93. The molecular weight excluding hydrogens is 230 g/mol. The van der Waals surface area contributed by atoms with E-state index >= 15 is 0 Å². The molecule has 94 valence electrons. The summed E-state index contributed by atoms with van der Waals surface area (Å²) in [6.07, 6.45) is 6.03. The van der Waals surface area contributed by atoms with Crippen molar-refractivity contribution in [3.8, 4) is 0 Å². The highest BCUT2D eigenvalue weighted by Crippen LogP contribution is 2.32. The van der Waals surface area contributed by atoms with Gasteiger partial charge in [-0.1, -0.05) is 0 Å². The van der Waals surface area contributed by atoms with Crippen molar-refractivity contribution < 1.29 is 0 Å². The van der Waals surface area contributed by atoms with Crippen LogP contribution in [0.5, 0.6) is 0 Å². The van der Waals surface area contributed by atoms with Crippen LogP contribution < -0.4 is 10.6 Å². The summed E-state index contributed by atoms with van der Waals surface area (Å²) in [6, 6.07) is 0.505. The Kier molecular flexibility index (Phi) is 2.58. The number of amidine groups is 1. The predicted molar refractivity (Wildman–Crippen MR) is 68.6 cm³/mol. The lowest BCUT2D eigenvalue weighted by molar-refractivity contribution is 0.783. The first-order valence-electron chi connectivity index (χ1n) is 5.99. The van der Waals surface area contributed by atoms with E-state index in [0.29, 0.717) is 24.7 Å². The van der Waals surface area contributed by atoms with Gasteiger partial charge >= 0.3 is 0 Å². The average molecular weight is 245 g/mol. The van der Waals surface area contributed by atoms with Gasteiger partial charge in [-0.3, -0.25) is 5.41 Å². The van der Waals surface area contributed by atoms with Gasteiger partial charge in [-0.15, -0.1) is 0 Å². The van der Waals surface area contributed by atoms with Crippen molar-refractivity contribution in [3.63, 3.8) is 0 Å². The van der Waals surface area contributed by atoms with E-state index in [0.717, 1.165) is 24.2 Å². The van der Waals surface area contributed by atoms with Gasteiger partial charge in [-0.05, 0) is 12.8 Å². The van der Waals surface area contributed by atoms with Gasteiger partial charge in [-0.2, -0.15) is 0 Å². The Balaban J connectivity index is 1.93. The monoisotopic (exact) mass is 245 g/mol. The van der Waals surface area contributed by atoms with E-state index in [-0.39, 0.29) is 5.84 Å². The van der Waals surface area contributed by atoms with Crippen molar-refractivity contribution >= 4 is 22.8 Å². The normalized spacial score (nSPS) is 14.9. The Morgan fingerprint density at radius 3 is 3.00 bits per heavy atom. The summed E-state index contributed by atoms with van der Waals surface area (Å²) in [5, 5.41) is 7.34. The fraction of sp³-hybridized carbons (Fsp3) is 0.455. The molecule has 0 bridgehead atoms. The van der Waals surface area contributed by atoms with Gasteiger partial charge in [0.05, 0.1) is 12.2 Å². The SMILES string of the molecule is N=C(N)CCN(c1ncnc2nc[nH]c12)C1CC1. The van der Waals surface area contributed by atoms with Gasteiger partial charge in [0.15, 0.2) is 11.5 Å². The first kappa shape index (κ1) is 10.9. The Bertz CT molecular complexity index is 572. The fourth-order valence-electron chi connectivity index (χ4n) is 2.06. The minimum Gasteiger partial charge on any atom is -0.388 e. The van der Waals surface area contributed by atoms with Gasteiger partial charge in [0, 0.05) is 19.0 Å². The third-order valence-corrected chi connectivity index (χ3v) is 3.08. The van der Waals surface area contributed by atoms with Crippen LogP contribution in [0.15, 0.2) is 12.7 Å². The molecule has 2 heterocycles. The molecule has 0 amide bonds. The molecule has 1 aliphatic rings. The number of nitrogens with one attached hydrogen (secondary N) is 2. The molecule has 0 spiro atoms. The minimum absolute atomic E-state index is 0.204. The van der Waals surface area contributed by atoms with Gasteiger partial charge in [-0.25, -0.2) is 15.0 Å². The number of imidazole rings is 1. The molecule has 2 aromatic rings. The van der Waals surface area contributed by atoms with E-state index in [2.05, 4.69) is 24.8 Å². The number of aromatic amines is 1. The molecule has 0 aromatic carbocycles. The van der Waals surface area contributed by atoms with E-state index in [9.17, 15) is 0 Å². The van der Waals surface area contributed by atoms with Crippen molar-refractivity contribution in [2.24, 2.45) is 5.73 Å². The van der Waals surface area contributed by atoms with Crippen LogP contribution in [0.2, 0.25) is 0 Å². The lowest BCUT2D eigenvalue weighted by Crippen LogP contribution is -2.30. The quantitative estimate of drug-likeness (QED) is 0.529. The zero-order valence-electron chi connectivity index (χ0n) is 9.93. The molecule has 4 N–H and O–H groups in total. The van der Waals surface area contributed by atoms with Gasteiger partial charge in [0.25, 0.3) is 0 Å². The molecule has 2 aromatic heterocycles. The van der Waals surface area contributed by atoms with Gasteiger partial charge in [0.1, 0.15) is 11.8 Å². The third-order valence-electron chi connectivity index (χ3n) is 3.08. The Morgan fingerprint density at radius 1 is 1.44 bits per heavy atom. The smallest absolute Gasteiger partial charge is 0.182 e. The molecule has 3 rings (SSSR count). The second-order valence-corrected chi connectivity index (χ2v) is 4.50. The fourth-order valence-corrected chi connectivity index (χ4v) is 2.06. The second kappa shape index (κ2) is 4.25. The number of hydrogen-bond donors (Lipinski definition) is 3. The number of fused-ring (bicyclic) bond motifs is 1. The summed E-state index contributed by atoms with van der Waals surface area (Å²) < 4.78 is 0. The van der Waals surface area contributed by atoms with Crippen LogP contribution in [0.1, 0.15) is 19.3 Å². The Hall–Kier alpha value is -2.18. The summed E-state index contributed by atoms with van der Waals surface area (Å²) in [7, 11) is 0. The molecular formula is C11H15N7. The first-order valence-corrected chi connectivity index (χ1v) is 5.99. The van der Waals surface area contributed by atoms with Crippen LogP contribution in [-0.2, 0) is 0 Å². The maximum atomic E-state index is 7.34. The summed E-state index contributed by atoms with van der Waals surface area (Å²) in [4.78, 5) is 17.9. The molecule has 0 atom stereocenters. The maximum Gasteiger partial charge on any atom is 0.182 e. The molecule has 0 aliphatic heterocycles. The van der Waals surface area contributed by atoms with Crippen LogP contribution >= 0.6 is 0 Å². The topological polar surface area (TPSA) is 108 Å². The van der Waals surface area contributed by atoms with Gasteiger partial charge in [0.2, 0.25) is 0 Å². The predicted octanol–water partition coefficient (Wildman–Crippen LogP) is 0.648. The summed E-state index contributed by atoms with van der Waals surface area (Å²) in [5.41, 5.74) is 6.96. The van der Waals surface area contributed by atoms with Crippen molar-refractivity contribution in [2.75, 3.05) is 11.4 Å². The molecule has 7 heteroatoms. The number of H-pyrrole nitrogens is 1. The highest BCUT2D eigenvalue weighted by molar-refractivity contribution is 5.83. The molecule has 1 fully saturated rings. The van der Waals surface area contributed by atoms with Crippen LogP contribution in [0.3, 0.4) is 0 Å². The largest absolute Gasteiger partial charge is 0.388 e. The number of anilines is 1. The number of nitrogens with zero attached hydrogens (tertiary/aromatic N) is 4. The summed E-state index contributed by atoms with van der Waals surface area (Å²) in [5.74, 6) is 1.07. The van der Waals surface area contributed by atoms with Crippen molar-refractivity contribution in [2.45, 2.75) is 25.3 Å². The zero-order chi connectivity index (χ0) is 12.5. The third kappa shape index (κ3) is 1.99. The van der Waals surface area contributed by atoms with E-state index in [1.165, 1.54) is 6.33 Å². The van der Waals surface area contributed by atoms with E-state index < -0.39 is 0 Å². The number of nitrogens with two attached hydrogens (primary N) is 1. The second-order valence-electron chi connectivity index (χ2n) is 4.50. The molecule has 0 unspecified atom stereocenters. The Labute approximate surface area is 104 Å². The van der Waals surface area contributed by atoms with Gasteiger partial charge < -0.3 is 15.6 Å². The molecule has 7 nitrogen and oxygen atoms in total. The molecule has 0 saturated heterocycles. The standard InChI is InChI=1S/C11H15N7/c12-8(13)3-4-18(7-1-2-7)11-9-10(15-5-14-9)16-6-17-11/h5-7H,1-4H2,(H3,12,13)(H,14,15,16,17). The van der Waals surface area contributed by atoms with Crippen LogP contribution in [0.4, 0.5) is 5.82 Å². The molecule has 0 radical (unpaired) electrons. The highest BCUT2D eigenvalue weighted by Gasteiger charge is 2.31. The first-order chi connectivity index (χ1) is 8.75. The minimum atomic E-state index is 0.204. The van der Waals surface area contributed by atoms with Crippen molar-refractivity contribution in [1.82, 2.24) is 19.9 Å². The highest BCUT2D eigenvalue weighted by atomic mass is 15.3.